The molecule has 4 heteroatoms. The van der Waals surface area contributed by atoms with E-state index in [1.165, 1.54) is 0 Å². The van der Waals surface area contributed by atoms with Crippen LogP contribution in [0.2, 0.25) is 0 Å². The van der Waals surface area contributed by atoms with E-state index in [0.717, 1.165) is 35.4 Å². The number of hydrogen-bond acceptors (Lipinski definition) is 3. The molecule has 1 aromatic carbocycles. The molecule has 0 aliphatic heterocycles. The zero-order valence-electron chi connectivity index (χ0n) is 12.5. The molecule has 0 fully saturated rings. The van der Waals surface area contributed by atoms with E-state index in [4.69, 9.17) is 10.7 Å². The van der Waals surface area contributed by atoms with Gasteiger partial charge in [-0.05, 0) is 25.0 Å². The average Bonchev–Trinajstić information content (AvgIpc) is 2.88. The second-order valence-electron chi connectivity index (χ2n) is 5.52. The van der Waals surface area contributed by atoms with Gasteiger partial charge in [0.15, 0.2) is 0 Å². The largest absolute Gasteiger partial charge is 0.326 e. The number of fused-ring (bicyclic) bond motifs is 1. The second kappa shape index (κ2) is 5.30. The van der Waals surface area contributed by atoms with Gasteiger partial charge in [-0.1, -0.05) is 37.3 Å². The lowest BCUT2D eigenvalue weighted by Crippen LogP contribution is -2.37. The third-order valence-corrected chi connectivity index (χ3v) is 3.84. The summed E-state index contributed by atoms with van der Waals surface area (Å²) in [5.41, 5.74) is 9.07. The molecule has 0 saturated carbocycles. The van der Waals surface area contributed by atoms with Crippen LogP contribution in [0.4, 0.5) is 0 Å². The topological polar surface area (TPSA) is 56.7 Å². The molecule has 0 aliphatic carbocycles. The summed E-state index contributed by atoms with van der Waals surface area (Å²) >= 11 is 0. The van der Waals surface area contributed by atoms with E-state index in [9.17, 15) is 0 Å². The van der Waals surface area contributed by atoms with Crippen molar-refractivity contribution in [1.82, 2.24) is 14.5 Å². The van der Waals surface area contributed by atoms with Gasteiger partial charge in [0, 0.05) is 12.7 Å². The Morgan fingerprint density at radius 1 is 1.19 bits per heavy atom. The molecule has 21 heavy (non-hydrogen) atoms. The van der Waals surface area contributed by atoms with Crippen LogP contribution in [0.25, 0.3) is 11.0 Å². The van der Waals surface area contributed by atoms with Crippen LogP contribution >= 0.6 is 0 Å². The quantitative estimate of drug-likeness (QED) is 0.799. The number of benzene rings is 1. The number of nitrogens with two attached hydrogens (primary N) is 1. The Balaban J connectivity index is 2.21. The summed E-state index contributed by atoms with van der Waals surface area (Å²) in [4.78, 5) is 8.92. The maximum Gasteiger partial charge on any atom is 0.134 e. The van der Waals surface area contributed by atoms with E-state index in [-0.39, 0.29) is 0 Å². The molecule has 2 aromatic heterocycles. The Labute approximate surface area is 124 Å². The highest BCUT2D eigenvalue weighted by Gasteiger charge is 2.30. The molecule has 0 bridgehead atoms. The molecule has 2 heterocycles. The van der Waals surface area contributed by atoms with Crippen molar-refractivity contribution >= 4 is 11.0 Å². The zero-order valence-corrected chi connectivity index (χ0v) is 12.5. The standard InChI is InChI=1S/C17H20N4/c1-3-11-21-15-9-10-19-12-14(15)20-16(21)17(2,18)13-7-5-4-6-8-13/h4-10,12H,3,11,18H2,1-2H3. The SMILES string of the molecule is CCCn1c(C(C)(N)c2ccccc2)nc2cnccc21. The summed E-state index contributed by atoms with van der Waals surface area (Å²) in [6, 6.07) is 12.1. The fourth-order valence-electron chi connectivity index (χ4n) is 2.74. The summed E-state index contributed by atoms with van der Waals surface area (Å²) in [7, 11) is 0. The fourth-order valence-corrected chi connectivity index (χ4v) is 2.74. The van der Waals surface area contributed by atoms with Crippen LogP contribution in [0.15, 0.2) is 48.8 Å². The third-order valence-electron chi connectivity index (χ3n) is 3.84. The third kappa shape index (κ3) is 2.32. The maximum atomic E-state index is 6.65. The molecule has 1 atom stereocenters. The molecule has 0 radical (unpaired) electrons. The predicted octanol–water partition coefficient (Wildman–Crippen LogP) is 3.06. The van der Waals surface area contributed by atoms with E-state index in [1.54, 1.807) is 12.4 Å². The van der Waals surface area contributed by atoms with E-state index in [0.29, 0.717) is 0 Å². The molecule has 2 N–H and O–H groups in total. The van der Waals surface area contributed by atoms with E-state index in [1.807, 2.05) is 43.3 Å². The van der Waals surface area contributed by atoms with Gasteiger partial charge in [-0.25, -0.2) is 4.98 Å². The van der Waals surface area contributed by atoms with Gasteiger partial charge in [0.2, 0.25) is 0 Å². The minimum absolute atomic E-state index is 0.630. The van der Waals surface area contributed by atoms with Gasteiger partial charge >= 0.3 is 0 Å². The van der Waals surface area contributed by atoms with Crippen molar-refractivity contribution in [3.05, 3.63) is 60.2 Å². The van der Waals surface area contributed by atoms with Crippen molar-refractivity contribution in [2.75, 3.05) is 0 Å². The van der Waals surface area contributed by atoms with Gasteiger partial charge in [-0.3, -0.25) is 4.98 Å². The van der Waals surface area contributed by atoms with Crippen LogP contribution in [-0.4, -0.2) is 14.5 Å². The summed E-state index contributed by atoms with van der Waals surface area (Å²) < 4.78 is 2.21. The van der Waals surface area contributed by atoms with Crippen LogP contribution in [0.1, 0.15) is 31.7 Å². The molecule has 3 rings (SSSR count). The number of aromatic nitrogens is 3. The molecular formula is C17H20N4. The van der Waals surface area contributed by atoms with Gasteiger partial charge in [0.25, 0.3) is 0 Å². The van der Waals surface area contributed by atoms with Crippen molar-refractivity contribution < 1.29 is 0 Å². The highest BCUT2D eigenvalue weighted by molar-refractivity contribution is 5.75. The Kier molecular flexibility index (Phi) is 3.47. The van der Waals surface area contributed by atoms with Crippen molar-refractivity contribution in [1.29, 1.82) is 0 Å². The first-order chi connectivity index (χ1) is 10.1. The minimum atomic E-state index is -0.630. The van der Waals surface area contributed by atoms with E-state index >= 15 is 0 Å². The lowest BCUT2D eigenvalue weighted by atomic mass is 9.92. The van der Waals surface area contributed by atoms with Crippen LogP contribution in [0.3, 0.4) is 0 Å². The average molecular weight is 280 g/mol. The number of pyridine rings is 1. The molecule has 1 unspecified atom stereocenters. The molecule has 108 valence electrons. The molecule has 0 aliphatic rings. The summed E-state index contributed by atoms with van der Waals surface area (Å²) in [6.07, 6.45) is 4.63. The van der Waals surface area contributed by atoms with Gasteiger partial charge in [0.05, 0.1) is 17.3 Å². The number of nitrogens with zero attached hydrogens (tertiary/aromatic N) is 3. The highest BCUT2D eigenvalue weighted by atomic mass is 15.1. The normalized spacial score (nSPS) is 14.2. The molecule has 3 aromatic rings. The Morgan fingerprint density at radius 2 is 1.95 bits per heavy atom. The van der Waals surface area contributed by atoms with Crippen molar-refractivity contribution in [2.45, 2.75) is 32.4 Å². The van der Waals surface area contributed by atoms with Crippen LogP contribution in [0.5, 0.6) is 0 Å². The van der Waals surface area contributed by atoms with Gasteiger partial charge in [-0.15, -0.1) is 0 Å². The van der Waals surface area contributed by atoms with Crippen LogP contribution in [0, 0.1) is 0 Å². The lowest BCUT2D eigenvalue weighted by molar-refractivity contribution is 0.511. The Hall–Kier alpha value is -2.20. The fraction of sp³-hybridized carbons (Fsp3) is 0.294. The first-order valence-electron chi connectivity index (χ1n) is 7.29. The van der Waals surface area contributed by atoms with Crippen LogP contribution in [-0.2, 0) is 12.1 Å². The minimum Gasteiger partial charge on any atom is -0.326 e. The lowest BCUT2D eigenvalue weighted by Gasteiger charge is -2.25. The number of rotatable bonds is 4. The molecule has 0 saturated heterocycles. The number of hydrogen-bond donors (Lipinski definition) is 1. The molecule has 0 amide bonds. The number of imidazole rings is 1. The zero-order chi connectivity index (χ0) is 14.9. The molecule has 4 nitrogen and oxygen atoms in total. The van der Waals surface area contributed by atoms with Crippen molar-refractivity contribution in [3.63, 3.8) is 0 Å². The van der Waals surface area contributed by atoms with Crippen molar-refractivity contribution in [3.8, 4) is 0 Å². The monoisotopic (exact) mass is 280 g/mol. The Morgan fingerprint density at radius 3 is 2.67 bits per heavy atom. The van der Waals surface area contributed by atoms with Gasteiger partial charge < -0.3 is 10.3 Å². The van der Waals surface area contributed by atoms with Gasteiger partial charge in [-0.2, -0.15) is 0 Å². The summed E-state index contributed by atoms with van der Waals surface area (Å²) in [5, 5.41) is 0. The Bertz CT molecular complexity index is 744. The summed E-state index contributed by atoms with van der Waals surface area (Å²) in [5.74, 6) is 0.888. The van der Waals surface area contributed by atoms with E-state index < -0.39 is 5.54 Å². The van der Waals surface area contributed by atoms with Crippen LogP contribution < -0.4 is 5.73 Å². The maximum absolute atomic E-state index is 6.65. The van der Waals surface area contributed by atoms with Crippen molar-refractivity contribution in [2.24, 2.45) is 5.73 Å². The van der Waals surface area contributed by atoms with E-state index in [2.05, 4.69) is 16.5 Å². The molecular weight excluding hydrogens is 260 g/mol. The summed E-state index contributed by atoms with van der Waals surface area (Å²) in [6.45, 7) is 5.08. The highest BCUT2D eigenvalue weighted by Crippen LogP contribution is 2.28. The van der Waals surface area contributed by atoms with Gasteiger partial charge in [0.1, 0.15) is 11.3 Å². The first-order valence-corrected chi connectivity index (χ1v) is 7.29. The second-order valence-corrected chi connectivity index (χ2v) is 5.52. The first kappa shape index (κ1) is 13.8. The molecule has 0 spiro atoms. The number of aryl methyl sites for hydroxylation is 1. The smallest absolute Gasteiger partial charge is 0.134 e. The predicted molar refractivity (Wildman–Crippen MR) is 84.9 cm³/mol.